The quantitative estimate of drug-likeness (QED) is 0.931. The van der Waals surface area contributed by atoms with Crippen LogP contribution < -0.4 is 14.8 Å². The van der Waals surface area contributed by atoms with Crippen LogP contribution in [0.2, 0.25) is 5.02 Å². The van der Waals surface area contributed by atoms with Gasteiger partial charge in [0, 0.05) is 23.6 Å². The largest absolute Gasteiger partial charge is 0.497 e. The highest BCUT2D eigenvalue weighted by atomic mass is 35.5. The molecule has 1 aliphatic rings. The van der Waals surface area contributed by atoms with E-state index in [9.17, 15) is 4.79 Å². The van der Waals surface area contributed by atoms with Gasteiger partial charge in [-0.2, -0.15) is 0 Å². The van der Waals surface area contributed by atoms with Gasteiger partial charge in [0.05, 0.1) is 12.7 Å². The summed E-state index contributed by atoms with van der Waals surface area (Å²) >= 11 is 6.12. The third-order valence-electron chi connectivity index (χ3n) is 3.81. The van der Waals surface area contributed by atoms with Crippen molar-refractivity contribution < 1.29 is 14.3 Å². The van der Waals surface area contributed by atoms with Crippen LogP contribution in [0.5, 0.6) is 11.5 Å². The summed E-state index contributed by atoms with van der Waals surface area (Å²) in [6, 6.07) is 11.1. The SMILES string of the molecule is COc1ccc(CNC(=O)c2cc(Cl)cc3c2OC(C)C3)cc1. The minimum Gasteiger partial charge on any atom is -0.497 e. The van der Waals surface area contributed by atoms with E-state index in [4.69, 9.17) is 21.1 Å². The summed E-state index contributed by atoms with van der Waals surface area (Å²) in [6.07, 6.45) is 0.839. The van der Waals surface area contributed by atoms with Crippen LogP contribution >= 0.6 is 11.6 Å². The van der Waals surface area contributed by atoms with Crippen LogP contribution in [0.4, 0.5) is 0 Å². The normalized spacial score (nSPS) is 15.7. The Morgan fingerprint density at radius 1 is 1.35 bits per heavy atom. The monoisotopic (exact) mass is 331 g/mol. The van der Waals surface area contributed by atoms with E-state index in [0.29, 0.717) is 22.9 Å². The molecule has 0 bridgehead atoms. The maximum absolute atomic E-state index is 12.5. The average molecular weight is 332 g/mol. The molecule has 0 aromatic heterocycles. The Balaban J connectivity index is 1.73. The number of hydrogen-bond donors (Lipinski definition) is 1. The number of methoxy groups -OCH3 is 1. The molecule has 120 valence electrons. The molecule has 0 aliphatic carbocycles. The maximum Gasteiger partial charge on any atom is 0.255 e. The molecule has 1 aliphatic heterocycles. The van der Waals surface area contributed by atoms with Gasteiger partial charge in [-0.15, -0.1) is 0 Å². The van der Waals surface area contributed by atoms with Crippen molar-refractivity contribution >= 4 is 17.5 Å². The molecule has 1 amide bonds. The second-order valence-electron chi connectivity index (χ2n) is 5.60. The van der Waals surface area contributed by atoms with Gasteiger partial charge in [-0.25, -0.2) is 0 Å². The summed E-state index contributed by atoms with van der Waals surface area (Å²) in [5.41, 5.74) is 2.47. The van der Waals surface area contributed by atoms with E-state index in [2.05, 4.69) is 5.32 Å². The van der Waals surface area contributed by atoms with E-state index in [0.717, 1.165) is 23.3 Å². The fourth-order valence-electron chi connectivity index (χ4n) is 2.68. The molecule has 1 atom stereocenters. The van der Waals surface area contributed by atoms with Gasteiger partial charge in [0.25, 0.3) is 5.91 Å². The van der Waals surface area contributed by atoms with Crippen LogP contribution in [-0.4, -0.2) is 19.1 Å². The highest BCUT2D eigenvalue weighted by Crippen LogP contribution is 2.35. The number of benzene rings is 2. The molecule has 2 aromatic rings. The van der Waals surface area contributed by atoms with Crippen molar-refractivity contribution in [1.82, 2.24) is 5.32 Å². The average Bonchev–Trinajstić information content (AvgIpc) is 2.92. The molecule has 0 radical (unpaired) electrons. The van der Waals surface area contributed by atoms with Crippen LogP contribution in [-0.2, 0) is 13.0 Å². The number of carbonyl (C=O) groups excluding carboxylic acids is 1. The fraction of sp³-hybridized carbons (Fsp3) is 0.278. The number of ether oxygens (including phenoxy) is 2. The minimum absolute atomic E-state index is 0.0663. The lowest BCUT2D eigenvalue weighted by atomic mass is 10.1. The van der Waals surface area contributed by atoms with Crippen LogP contribution in [0.15, 0.2) is 36.4 Å². The predicted molar refractivity (Wildman–Crippen MR) is 89.4 cm³/mol. The highest BCUT2D eigenvalue weighted by molar-refractivity contribution is 6.31. The topological polar surface area (TPSA) is 47.6 Å². The van der Waals surface area contributed by atoms with Crippen molar-refractivity contribution in [2.75, 3.05) is 7.11 Å². The van der Waals surface area contributed by atoms with Gasteiger partial charge in [0.1, 0.15) is 17.6 Å². The van der Waals surface area contributed by atoms with Crippen LogP contribution in [0, 0.1) is 0 Å². The number of nitrogens with one attached hydrogen (secondary N) is 1. The van der Waals surface area contributed by atoms with Crippen molar-refractivity contribution in [2.45, 2.75) is 26.0 Å². The fourth-order valence-corrected chi connectivity index (χ4v) is 2.92. The summed E-state index contributed by atoms with van der Waals surface area (Å²) in [6.45, 7) is 2.41. The highest BCUT2D eigenvalue weighted by Gasteiger charge is 2.25. The molecule has 23 heavy (non-hydrogen) atoms. The van der Waals surface area contributed by atoms with Gasteiger partial charge in [-0.1, -0.05) is 23.7 Å². The summed E-state index contributed by atoms with van der Waals surface area (Å²) in [4.78, 5) is 12.5. The molecule has 1 N–H and O–H groups in total. The molecule has 2 aromatic carbocycles. The van der Waals surface area contributed by atoms with Crippen molar-refractivity contribution in [3.8, 4) is 11.5 Å². The second kappa shape index (κ2) is 6.50. The van der Waals surface area contributed by atoms with Crippen molar-refractivity contribution in [3.05, 3.63) is 58.1 Å². The molecule has 1 heterocycles. The van der Waals surface area contributed by atoms with Gasteiger partial charge in [0.2, 0.25) is 0 Å². The number of fused-ring (bicyclic) bond motifs is 1. The summed E-state index contributed by atoms with van der Waals surface area (Å²) in [5, 5.41) is 3.46. The molecule has 4 nitrogen and oxygen atoms in total. The smallest absolute Gasteiger partial charge is 0.255 e. The maximum atomic E-state index is 12.5. The Hall–Kier alpha value is -2.20. The van der Waals surface area contributed by atoms with E-state index in [1.807, 2.05) is 37.3 Å². The van der Waals surface area contributed by atoms with Gasteiger partial charge >= 0.3 is 0 Å². The number of halogens is 1. The van der Waals surface area contributed by atoms with Crippen molar-refractivity contribution in [2.24, 2.45) is 0 Å². The molecule has 5 heteroatoms. The third kappa shape index (κ3) is 3.42. The van der Waals surface area contributed by atoms with E-state index >= 15 is 0 Å². The first kappa shape index (κ1) is 15.7. The molecule has 0 saturated heterocycles. The Kier molecular flexibility index (Phi) is 4.44. The van der Waals surface area contributed by atoms with E-state index in [1.165, 1.54) is 0 Å². The van der Waals surface area contributed by atoms with Crippen LogP contribution in [0.3, 0.4) is 0 Å². The number of carbonyl (C=O) groups is 1. The van der Waals surface area contributed by atoms with E-state index in [1.54, 1.807) is 13.2 Å². The lowest BCUT2D eigenvalue weighted by Crippen LogP contribution is -2.23. The molecular formula is C18H18ClNO3. The third-order valence-corrected chi connectivity index (χ3v) is 4.03. The van der Waals surface area contributed by atoms with Gasteiger partial charge in [0.15, 0.2) is 0 Å². The Morgan fingerprint density at radius 2 is 2.09 bits per heavy atom. The van der Waals surface area contributed by atoms with E-state index in [-0.39, 0.29) is 12.0 Å². The van der Waals surface area contributed by atoms with E-state index < -0.39 is 0 Å². The Bertz CT molecular complexity index is 728. The zero-order valence-corrected chi connectivity index (χ0v) is 13.8. The van der Waals surface area contributed by atoms with Crippen molar-refractivity contribution in [3.63, 3.8) is 0 Å². The molecular weight excluding hydrogens is 314 g/mol. The van der Waals surface area contributed by atoms with Crippen LogP contribution in [0.25, 0.3) is 0 Å². The van der Waals surface area contributed by atoms with Gasteiger partial charge in [-0.05, 0) is 36.8 Å². The summed E-state index contributed by atoms with van der Waals surface area (Å²) in [7, 11) is 1.62. The van der Waals surface area contributed by atoms with Crippen molar-refractivity contribution in [1.29, 1.82) is 0 Å². The summed E-state index contributed by atoms with van der Waals surface area (Å²) in [5.74, 6) is 1.25. The molecule has 0 fully saturated rings. The molecule has 1 unspecified atom stereocenters. The van der Waals surface area contributed by atoms with Gasteiger partial charge < -0.3 is 14.8 Å². The van der Waals surface area contributed by atoms with Crippen LogP contribution in [0.1, 0.15) is 28.4 Å². The molecule has 3 rings (SSSR count). The second-order valence-corrected chi connectivity index (χ2v) is 6.04. The minimum atomic E-state index is -0.186. The summed E-state index contributed by atoms with van der Waals surface area (Å²) < 4.78 is 10.9. The first-order chi connectivity index (χ1) is 11.1. The number of hydrogen-bond acceptors (Lipinski definition) is 3. The molecule has 0 saturated carbocycles. The Labute approximate surface area is 140 Å². The first-order valence-corrected chi connectivity index (χ1v) is 7.85. The lowest BCUT2D eigenvalue weighted by molar-refractivity contribution is 0.0946. The first-order valence-electron chi connectivity index (χ1n) is 7.47. The standard InChI is InChI=1S/C18H18ClNO3/c1-11-7-13-8-14(19)9-16(17(13)23-11)18(21)20-10-12-3-5-15(22-2)6-4-12/h3-6,8-9,11H,7,10H2,1-2H3,(H,20,21). The molecule has 0 spiro atoms. The zero-order valence-electron chi connectivity index (χ0n) is 13.1. The lowest BCUT2D eigenvalue weighted by Gasteiger charge is -2.11. The number of rotatable bonds is 4. The predicted octanol–water partition coefficient (Wildman–Crippen LogP) is 3.60. The zero-order chi connectivity index (χ0) is 16.4. The van der Waals surface area contributed by atoms with Gasteiger partial charge in [-0.3, -0.25) is 4.79 Å². The number of amides is 1. The Morgan fingerprint density at radius 3 is 2.78 bits per heavy atom.